The van der Waals surface area contributed by atoms with Gasteiger partial charge < -0.3 is 39.8 Å². The summed E-state index contributed by atoms with van der Waals surface area (Å²) < 4.78 is 32.0. The first kappa shape index (κ1) is 32.0. The van der Waals surface area contributed by atoms with E-state index in [1.165, 1.54) is 24.3 Å². The number of benzene rings is 3. The highest BCUT2D eigenvalue weighted by Gasteiger charge is 2.50. The van der Waals surface area contributed by atoms with Gasteiger partial charge in [-0.3, -0.25) is 9.59 Å². The zero-order valence-electron chi connectivity index (χ0n) is 26.0. The van der Waals surface area contributed by atoms with E-state index in [9.17, 15) is 14.7 Å². The molecule has 2 unspecified atom stereocenters. The Morgan fingerprint density at radius 2 is 1.87 bits per heavy atom. The first-order valence-corrected chi connectivity index (χ1v) is 15.4. The molecule has 4 atom stereocenters. The number of aliphatic hydroxyl groups is 1. The van der Waals surface area contributed by atoms with Crippen LogP contribution in [0.2, 0.25) is 5.02 Å². The minimum atomic E-state index is -0.661. The van der Waals surface area contributed by atoms with Crippen molar-refractivity contribution >= 4 is 29.1 Å². The molecule has 10 nitrogen and oxygen atoms in total. The van der Waals surface area contributed by atoms with Crippen LogP contribution in [0.1, 0.15) is 17.5 Å². The number of anilines is 1. The molecule has 0 aromatic heterocycles. The van der Waals surface area contributed by atoms with E-state index >= 15 is 4.39 Å². The SMILES string of the molecule is COc1cc(-c2cccc(-c3cccc(NC(=O)C4=CN(C)C5OC5N(C)C4=O)c3Cl)c2C)cc(F)c1CN[C@H]1CCOC[C@@H]1O. The van der Waals surface area contributed by atoms with E-state index < -0.39 is 30.0 Å². The molecule has 2 saturated heterocycles. The van der Waals surface area contributed by atoms with Gasteiger partial charge in [-0.15, -0.1) is 0 Å². The number of rotatable bonds is 8. The zero-order valence-corrected chi connectivity index (χ0v) is 26.7. The lowest BCUT2D eigenvalue weighted by Crippen LogP contribution is -2.46. The second kappa shape index (κ2) is 13.0. The van der Waals surface area contributed by atoms with Crippen LogP contribution in [-0.4, -0.2) is 85.7 Å². The Hall–Kier alpha value is -4.00. The molecule has 3 aliphatic rings. The largest absolute Gasteiger partial charge is 0.496 e. The number of nitrogens with zero attached hydrogens (tertiary/aromatic N) is 2. The molecule has 3 aromatic carbocycles. The standard InChI is InChI=1S/C34H36ClFN4O6/c1-18-20(19-13-25(36)23(29(14-19)44-4)15-37-26-11-12-45-17-28(26)41)7-5-8-21(18)22-9-6-10-27(30(22)35)38-31(42)24-16-39(2)33-34(46-33)40(3)32(24)43/h5-10,13-14,16,26,28,33-34,37,41H,11-12,15,17H2,1-4H3,(H,38,42)/t26-,28-,33?,34?/m0/s1. The Labute approximate surface area is 271 Å². The Bertz CT molecular complexity index is 1720. The second-order valence-corrected chi connectivity index (χ2v) is 12.1. The van der Waals surface area contributed by atoms with Gasteiger partial charge in [-0.05, 0) is 53.8 Å². The number of nitrogens with one attached hydrogen (secondary N) is 2. The molecule has 6 rings (SSSR count). The highest BCUT2D eigenvalue weighted by atomic mass is 35.5. The molecule has 3 heterocycles. The van der Waals surface area contributed by atoms with Crippen molar-refractivity contribution in [3.63, 3.8) is 0 Å². The summed E-state index contributed by atoms with van der Waals surface area (Å²) >= 11 is 6.88. The highest BCUT2D eigenvalue weighted by Crippen LogP contribution is 2.40. The molecule has 0 bridgehead atoms. The van der Waals surface area contributed by atoms with Crippen molar-refractivity contribution in [2.75, 3.05) is 39.7 Å². The van der Waals surface area contributed by atoms with Gasteiger partial charge in [0.2, 0.25) is 0 Å². The van der Waals surface area contributed by atoms with Crippen molar-refractivity contribution in [1.82, 2.24) is 15.1 Å². The lowest BCUT2D eigenvalue weighted by atomic mass is 9.91. The fourth-order valence-corrected chi connectivity index (χ4v) is 6.33. The van der Waals surface area contributed by atoms with Crippen LogP contribution in [0.4, 0.5) is 10.1 Å². The van der Waals surface area contributed by atoms with Crippen molar-refractivity contribution in [2.24, 2.45) is 0 Å². The Morgan fingerprint density at radius 1 is 1.13 bits per heavy atom. The van der Waals surface area contributed by atoms with E-state index in [4.69, 9.17) is 25.8 Å². The van der Waals surface area contributed by atoms with Crippen molar-refractivity contribution < 1.29 is 33.3 Å². The van der Waals surface area contributed by atoms with E-state index in [1.54, 1.807) is 37.2 Å². The van der Waals surface area contributed by atoms with Gasteiger partial charge in [0.15, 0.2) is 12.5 Å². The quantitative estimate of drug-likeness (QED) is 0.245. The number of aliphatic hydroxyl groups excluding tert-OH is 1. The number of halogens is 2. The Balaban J connectivity index is 1.26. The molecule has 3 aliphatic heterocycles. The molecule has 242 valence electrons. The predicted molar refractivity (Wildman–Crippen MR) is 172 cm³/mol. The number of fused-ring (bicyclic) bond motifs is 1. The average molecular weight is 651 g/mol. The fourth-order valence-electron chi connectivity index (χ4n) is 6.05. The Morgan fingerprint density at radius 3 is 2.63 bits per heavy atom. The number of carbonyl (C=O) groups excluding carboxylic acids is 2. The predicted octanol–water partition coefficient (Wildman–Crippen LogP) is 4.28. The number of epoxide rings is 1. The van der Waals surface area contributed by atoms with Crippen LogP contribution in [0, 0.1) is 12.7 Å². The third kappa shape index (κ3) is 6.08. The van der Waals surface area contributed by atoms with Gasteiger partial charge in [-0.25, -0.2) is 4.39 Å². The van der Waals surface area contributed by atoms with Crippen molar-refractivity contribution in [1.29, 1.82) is 0 Å². The molecule has 12 heteroatoms. The number of amides is 2. The van der Waals surface area contributed by atoms with Gasteiger partial charge in [-0.2, -0.15) is 0 Å². The third-order valence-corrected chi connectivity index (χ3v) is 9.19. The zero-order chi connectivity index (χ0) is 32.7. The van der Waals surface area contributed by atoms with Crippen LogP contribution < -0.4 is 15.4 Å². The van der Waals surface area contributed by atoms with Gasteiger partial charge in [0.1, 0.15) is 17.1 Å². The number of ether oxygens (including phenoxy) is 3. The van der Waals surface area contributed by atoms with Gasteiger partial charge >= 0.3 is 0 Å². The van der Waals surface area contributed by atoms with E-state index in [2.05, 4.69) is 10.6 Å². The molecule has 2 amide bonds. The van der Waals surface area contributed by atoms with Crippen LogP contribution in [0.3, 0.4) is 0 Å². The number of likely N-dealkylation sites (N-methyl/N-ethyl adjacent to an activating group) is 2. The van der Waals surface area contributed by atoms with E-state index in [-0.39, 0.29) is 31.0 Å². The summed E-state index contributed by atoms with van der Waals surface area (Å²) in [6, 6.07) is 14.0. The van der Waals surface area contributed by atoms with Crippen LogP contribution in [0.5, 0.6) is 5.75 Å². The first-order chi connectivity index (χ1) is 22.1. The van der Waals surface area contributed by atoms with E-state index in [0.29, 0.717) is 46.2 Å². The molecule has 0 saturated carbocycles. The van der Waals surface area contributed by atoms with Gasteiger partial charge in [0.05, 0.1) is 30.5 Å². The van der Waals surface area contributed by atoms with Crippen molar-refractivity contribution in [2.45, 2.75) is 44.5 Å². The molecule has 0 spiro atoms. The minimum Gasteiger partial charge on any atom is -0.496 e. The molecule has 3 N–H and O–H groups in total. The second-order valence-electron chi connectivity index (χ2n) is 11.7. The first-order valence-electron chi connectivity index (χ1n) is 15.0. The molecular weight excluding hydrogens is 615 g/mol. The average Bonchev–Trinajstić information content (AvgIpc) is 3.86. The van der Waals surface area contributed by atoms with E-state index in [1.807, 2.05) is 31.2 Å². The molecule has 46 heavy (non-hydrogen) atoms. The molecule has 3 aromatic rings. The van der Waals surface area contributed by atoms with Crippen molar-refractivity contribution in [3.05, 3.63) is 82.3 Å². The summed E-state index contributed by atoms with van der Waals surface area (Å²) in [5.74, 6) is -1.08. The fraction of sp³-hybridized carbons (Fsp3) is 0.353. The van der Waals surface area contributed by atoms with Gasteiger partial charge in [0, 0.05) is 50.6 Å². The third-order valence-electron chi connectivity index (χ3n) is 8.78. The summed E-state index contributed by atoms with van der Waals surface area (Å²) in [6.45, 7) is 2.89. The normalized spacial score (nSPS) is 22.6. The molecule has 0 radical (unpaired) electrons. The summed E-state index contributed by atoms with van der Waals surface area (Å²) in [4.78, 5) is 29.4. The topological polar surface area (TPSA) is 116 Å². The maximum atomic E-state index is 15.6. The maximum Gasteiger partial charge on any atom is 0.262 e. The molecule has 0 aliphatic carbocycles. The van der Waals surface area contributed by atoms with Crippen molar-refractivity contribution in [3.8, 4) is 28.0 Å². The lowest BCUT2D eigenvalue weighted by molar-refractivity contribution is -0.129. The molecule has 2 fully saturated rings. The van der Waals surface area contributed by atoms with E-state index in [0.717, 1.165) is 16.7 Å². The lowest BCUT2D eigenvalue weighted by Gasteiger charge is -2.29. The highest BCUT2D eigenvalue weighted by molar-refractivity contribution is 6.37. The smallest absolute Gasteiger partial charge is 0.262 e. The monoisotopic (exact) mass is 650 g/mol. The van der Waals surface area contributed by atoms with Crippen LogP contribution in [0.15, 0.2) is 60.3 Å². The number of hydrogen-bond acceptors (Lipinski definition) is 8. The maximum absolute atomic E-state index is 15.6. The van der Waals surface area contributed by atoms with Crippen LogP contribution >= 0.6 is 11.6 Å². The summed E-state index contributed by atoms with van der Waals surface area (Å²) in [7, 11) is 4.85. The number of hydrogen-bond donors (Lipinski definition) is 3. The summed E-state index contributed by atoms with van der Waals surface area (Å²) in [5.41, 5.74) is 4.38. The summed E-state index contributed by atoms with van der Waals surface area (Å²) in [6.07, 6.45) is 0.776. The van der Waals surface area contributed by atoms with Gasteiger partial charge in [-0.1, -0.05) is 41.9 Å². The minimum absolute atomic E-state index is 0.0287. The number of carbonyl (C=O) groups is 2. The van der Waals surface area contributed by atoms with Crippen LogP contribution in [-0.2, 0) is 25.6 Å². The number of methoxy groups -OCH3 is 1. The van der Waals surface area contributed by atoms with Crippen LogP contribution in [0.25, 0.3) is 22.3 Å². The summed E-state index contributed by atoms with van der Waals surface area (Å²) in [5, 5.41) is 16.5. The molecular formula is C34H36ClFN4O6. The Kier molecular flexibility index (Phi) is 9.04. The van der Waals surface area contributed by atoms with Gasteiger partial charge in [0.25, 0.3) is 11.8 Å².